The molecule has 0 bridgehead atoms. The highest BCUT2D eigenvalue weighted by Gasteiger charge is 2.04. The fourth-order valence-electron chi connectivity index (χ4n) is 1.49. The monoisotopic (exact) mass is 227 g/mol. The molecule has 0 radical (unpaired) electrons. The molecule has 0 atom stereocenters. The van der Waals surface area contributed by atoms with E-state index in [1.54, 1.807) is 12.4 Å². The third-order valence-corrected chi connectivity index (χ3v) is 2.45. The standard InChI is InChI=1S/C12H13N5/c1-17(7-3-5-13)12-15-8-10(9-16-12)11-4-2-6-14-11/h2,4,6,8-9,14H,3,7H2,1H3. The van der Waals surface area contributed by atoms with Gasteiger partial charge < -0.3 is 9.88 Å². The summed E-state index contributed by atoms with van der Waals surface area (Å²) in [6.45, 7) is 0.637. The summed E-state index contributed by atoms with van der Waals surface area (Å²) in [5.41, 5.74) is 1.95. The Kier molecular flexibility index (Phi) is 3.36. The summed E-state index contributed by atoms with van der Waals surface area (Å²) in [5.74, 6) is 0.635. The molecule has 0 aliphatic carbocycles. The van der Waals surface area contributed by atoms with Gasteiger partial charge >= 0.3 is 0 Å². The average Bonchev–Trinajstić information content (AvgIpc) is 2.90. The Bertz CT molecular complexity index is 495. The van der Waals surface area contributed by atoms with Crippen LogP contribution in [0.3, 0.4) is 0 Å². The molecule has 0 aromatic carbocycles. The zero-order valence-corrected chi connectivity index (χ0v) is 9.59. The Balaban J connectivity index is 2.11. The van der Waals surface area contributed by atoms with Gasteiger partial charge in [0.05, 0.1) is 12.5 Å². The molecule has 0 amide bonds. The lowest BCUT2D eigenvalue weighted by Crippen LogP contribution is -2.20. The first-order valence-electron chi connectivity index (χ1n) is 5.35. The summed E-state index contributed by atoms with van der Waals surface area (Å²) in [4.78, 5) is 13.5. The predicted octanol–water partition coefficient (Wildman–Crippen LogP) is 1.82. The number of nitrogens with one attached hydrogen (secondary N) is 1. The Hall–Kier alpha value is -2.35. The van der Waals surface area contributed by atoms with Gasteiger partial charge in [0.25, 0.3) is 0 Å². The van der Waals surface area contributed by atoms with Gasteiger partial charge in [0.15, 0.2) is 0 Å². The van der Waals surface area contributed by atoms with Gasteiger partial charge in [0.1, 0.15) is 0 Å². The number of anilines is 1. The predicted molar refractivity (Wildman–Crippen MR) is 65.3 cm³/mol. The maximum atomic E-state index is 8.51. The average molecular weight is 227 g/mol. The molecule has 2 rings (SSSR count). The molecule has 86 valence electrons. The molecule has 2 aromatic heterocycles. The van der Waals surface area contributed by atoms with Crippen molar-refractivity contribution >= 4 is 5.95 Å². The molecule has 5 nitrogen and oxygen atoms in total. The second kappa shape index (κ2) is 5.12. The zero-order valence-electron chi connectivity index (χ0n) is 9.59. The van der Waals surface area contributed by atoms with E-state index in [1.165, 1.54) is 0 Å². The highest BCUT2D eigenvalue weighted by molar-refractivity contribution is 5.57. The van der Waals surface area contributed by atoms with Gasteiger partial charge in [-0.1, -0.05) is 0 Å². The van der Waals surface area contributed by atoms with Gasteiger partial charge in [-0.3, -0.25) is 0 Å². The minimum atomic E-state index is 0.470. The number of hydrogen-bond donors (Lipinski definition) is 1. The van der Waals surface area contributed by atoms with Crippen LogP contribution in [-0.4, -0.2) is 28.5 Å². The van der Waals surface area contributed by atoms with E-state index in [1.807, 2.05) is 30.3 Å². The number of rotatable bonds is 4. The normalized spacial score (nSPS) is 9.88. The van der Waals surface area contributed by atoms with E-state index in [2.05, 4.69) is 21.0 Å². The smallest absolute Gasteiger partial charge is 0.225 e. The van der Waals surface area contributed by atoms with E-state index in [0.717, 1.165) is 11.3 Å². The Morgan fingerprint density at radius 1 is 1.41 bits per heavy atom. The molecular formula is C12H13N5. The van der Waals surface area contributed by atoms with Crippen molar-refractivity contribution in [2.75, 3.05) is 18.5 Å². The minimum Gasteiger partial charge on any atom is -0.361 e. The molecular weight excluding hydrogens is 214 g/mol. The third-order valence-electron chi connectivity index (χ3n) is 2.45. The number of nitriles is 1. The van der Waals surface area contributed by atoms with Crippen LogP contribution in [0, 0.1) is 11.3 Å². The topological polar surface area (TPSA) is 68.6 Å². The van der Waals surface area contributed by atoms with Gasteiger partial charge in [0.2, 0.25) is 5.95 Å². The van der Waals surface area contributed by atoms with E-state index in [0.29, 0.717) is 18.9 Å². The van der Waals surface area contributed by atoms with Crippen LogP contribution in [0.15, 0.2) is 30.7 Å². The van der Waals surface area contributed by atoms with Gasteiger partial charge in [-0.2, -0.15) is 5.26 Å². The molecule has 0 saturated carbocycles. The molecule has 0 aliphatic heterocycles. The van der Waals surface area contributed by atoms with E-state index in [-0.39, 0.29) is 0 Å². The van der Waals surface area contributed by atoms with Crippen LogP contribution in [0.4, 0.5) is 5.95 Å². The first kappa shape index (κ1) is 11.1. The van der Waals surface area contributed by atoms with Crippen LogP contribution in [-0.2, 0) is 0 Å². The highest BCUT2D eigenvalue weighted by Crippen LogP contribution is 2.16. The second-order valence-corrected chi connectivity index (χ2v) is 3.69. The van der Waals surface area contributed by atoms with Gasteiger partial charge in [-0.25, -0.2) is 9.97 Å². The Labute approximate surface area is 99.7 Å². The largest absolute Gasteiger partial charge is 0.361 e. The minimum absolute atomic E-state index is 0.470. The van der Waals surface area contributed by atoms with Gasteiger partial charge in [-0.05, 0) is 12.1 Å². The van der Waals surface area contributed by atoms with Crippen LogP contribution in [0.2, 0.25) is 0 Å². The Morgan fingerprint density at radius 2 is 2.18 bits per heavy atom. The fraction of sp³-hybridized carbons (Fsp3) is 0.250. The van der Waals surface area contributed by atoms with E-state index in [9.17, 15) is 0 Å². The van der Waals surface area contributed by atoms with E-state index >= 15 is 0 Å². The number of aromatic amines is 1. The molecule has 5 heteroatoms. The number of nitrogens with zero attached hydrogens (tertiary/aromatic N) is 4. The van der Waals surface area contributed by atoms with Crippen LogP contribution >= 0.6 is 0 Å². The van der Waals surface area contributed by atoms with Crippen molar-refractivity contribution in [2.24, 2.45) is 0 Å². The summed E-state index contributed by atoms with van der Waals surface area (Å²) in [6, 6.07) is 6.00. The van der Waals surface area contributed by atoms with Crippen molar-refractivity contribution in [1.82, 2.24) is 15.0 Å². The van der Waals surface area contributed by atoms with Crippen molar-refractivity contribution < 1.29 is 0 Å². The van der Waals surface area contributed by atoms with Crippen LogP contribution < -0.4 is 4.90 Å². The summed E-state index contributed by atoms with van der Waals surface area (Å²) in [5, 5.41) is 8.51. The lowest BCUT2D eigenvalue weighted by molar-refractivity contribution is 0.859. The highest BCUT2D eigenvalue weighted by atomic mass is 15.2. The second-order valence-electron chi connectivity index (χ2n) is 3.69. The SMILES string of the molecule is CN(CCC#N)c1ncc(-c2ccc[nH]2)cn1. The summed E-state index contributed by atoms with van der Waals surface area (Å²) in [7, 11) is 1.88. The molecule has 1 N–H and O–H groups in total. The molecule has 0 aliphatic rings. The first-order valence-corrected chi connectivity index (χ1v) is 5.35. The summed E-state index contributed by atoms with van der Waals surface area (Å²) < 4.78 is 0. The van der Waals surface area contributed by atoms with Gasteiger partial charge in [0, 0.05) is 43.4 Å². The third kappa shape index (κ3) is 2.61. The zero-order chi connectivity index (χ0) is 12.1. The molecule has 0 saturated heterocycles. The van der Waals surface area contributed by atoms with Crippen LogP contribution in [0.5, 0.6) is 0 Å². The van der Waals surface area contributed by atoms with E-state index < -0.39 is 0 Å². The Morgan fingerprint density at radius 3 is 2.76 bits per heavy atom. The fourth-order valence-corrected chi connectivity index (χ4v) is 1.49. The lowest BCUT2D eigenvalue weighted by Gasteiger charge is -2.14. The quantitative estimate of drug-likeness (QED) is 0.865. The molecule has 2 aromatic rings. The number of aromatic nitrogens is 3. The maximum absolute atomic E-state index is 8.51. The van der Waals surface area contributed by atoms with Gasteiger partial charge in [-0.15, -0.1) is 0 Å². The molecule has 0 spiro atoms. The van der Waals surface area contributed by atoms with E-state index in [4.69, 9.17) is 5.26 Å². The summed E-state index contributed by atoms with van der Waals surface area (Å²) >= 11 is 0. The lowest BCUT2D eigenvalue weighted by atomic mass is 10.2. The maximum Gasteiger partial charge on any atom is 0.225 e. The van der Waals surface area contributed by atoms with Crippen LogP contribution in [0.1, 0.15) is 6.42 Å². The first-order chi connectivity index (χ1) is 8.31. The number of H-pyrrole nitrogens is 1. The van der Waals surface area contributed by atoms with Crippen molar-refractivity contribution in [2.45, 2.75) is 6.42 Å². The summed E-state index contributed by atoms with van der Waals surface area (Å²) in [6.07, 6.45) is 5.88. The van der Waals surface area contributed by atoms with Crippen molar-refractivity contribution in [3.05, 3.63) is 30.7 Å². The molecule has 17 heavy (non-hydrogen) atoms. The van der Waals surface area contributed by atoms with Crippen molar-refractivity contribution in [1.29, 1.82) is 5.26 Å². The van der Waals surface area contributed by atoms with Crippen LogP contribution in [0.25, 0.3) is 11.3 Å². The van der Waals surface area contributed by atoms with Crippen molar-refractivity contribution in [3.8, 4) is 17.3 Å². The molecule has 0 unspecified atom stereocenters. The number of hydrogen-bond acceptors (Lipinski definition) is 4. The van der Waals surface area contributed by atoms with Crippen molar-refractivity contribution in [3.63, 3.8) is 0 Å². The molecule has 0 fully saturated rings. The molecule has 2 heterocycles.